The van der Waals surface area contributed by atoms with Crippen LogP contribution < -0.4 is 9.47 Å². The Morgan fingerprint density at radius 2 is 0.630 bits per heavy atom. The summed E-state index contributed by atoms with van der Waals surface area (Å²) in [5.41, 5.74) is 2.22. The third-order valence-electron chi connectivity index (χ3n) is 14.5. The molecule has 4 rings (SSSR count). The lowest BCUT2D eigenvalue weighted by atomic mass is 9.78. The number of esters is 4. The zero-order valence-electron chi connectivity index (χ0n) is 46.1. The lowest BCUT2D eigenvalue weighted by molar-refractivity contribution is 0.0381. The van der Waals surface area contributed by atoms with Crippen LogP contribution in [0, 0.1) is 23.7 Å². The molecule has 0 N–H and O–H groups in total. The molecule has 0 spiro atoms. The summed E-state index contributed by atoms with van der Waals surface area (Å²) in [4.78, 5) is 54.4. The van der Waals surface area contributed by atoms with Crippen LogP contribution in [-0.4, -0.2) is 50.3 Å². The molecular weight excluding hydrogens is 917 g/mol. The maximum atomic E-state index is 13.7. The van der Waals surface area contributed by atoms with Crippen LogP contribution in [0.2, 0.25) is 0 Å². The van der Waals surface area contributed by atoms with E-state index in [1.807, 2.05) is 48.5 Å². The summed E-state index contributed by atoms with van der Waals surface area (Å²) in [6.45, 7) is 22.4. The Bertz CT molecular complexity index is 2120. The van der Waals surface area contributed by atoms with Crippen molar-refractivity contribution >= 4 is 23.9 Å². The van der Waals surface area contributed by atoms with Crippen molar-refractivity contribution in [3.05, 3.63) is 118 Å². The van der Waals surface area contributed by atoms with Crippen LogP contribution in [-0.2, 0) is 24.4 Å². The molecule has 73 heavy (non-hydrogen) atoms. The Morgan fingerprint density at radius 3 is 0.890 bits per heavy atom. The van der Waals surface area contributed by atoms with E-state index in [4.69, 9.17) is 28.4 Å². The molecular formula is C63H88O10. The van der Waals surface area contributed by atoms with E-state index < -0.39 is 29.3 Å². The molecule has 10 heteroatoms. The van der Waals surface area contributed by atoms with Gasteiger partial charge >= 0.3 is 23.9 Å². The van der Waals surface area contributed by atoms with Gasteiger partial charge in [-0.2, -0.15) is 0 Å². The molecule has 4 atom stereocenters. The van der Waals surface area contributed by atoms with Crippen molar-refractivity contribution in [2.75, 3.05) is 26.4 Å². The molecule has 0 fully saturated rings. The normalized spacial score (nSPS) is 13.1. The standard InChI is InChI=1S/C63H88O10/c1-11-19-23-45(15-5)41-68-59(64)55-37-35-53(39-57(55)61(66)70-43-47(17-7)25-21-13-3)72-51-31-27-49(28-32-51)63(9,10)50-29-33-52(34-30-50)73-54-36-38-56(60(65)69-42-46(16-6)24-20-12-2)58(40-54)62(67)71-44-48(18-8)26-22-14-4/h27-40,45-48H,11-26,41-44H2,1-10H3. The first-order valence-corrected chi connectivity index (χ1v) is 27.8. The lowest BCUT2D eigenvalue weighted by Crippen LogP contribution is -2.19. The van der Waals surface area contributed by atoms with Gasteiger partial charge < -0.3 is 28.4 Å². The first kappa shape index (κ1) is 59.9. The smallest absolute Gasteiger partial charge is 0.339 e. The average molecular weight is 1010 g/mol. The molecule has 0 aliphatic rings. The Kier molecular flexibility index (Phi) is 26.1. The van der Waals surface area contributed by atoms with Crippen LogP contribution in [0.15, 0.2) is 84.9 Å². The van der Waals surface area contributed by atoms with Gasteiger partial charge in [-0.25, -0.2) is 19.2 Å². The van der Waals surface area contributed by atoms with Crippen LogP contribution in [0.25, 0.3) is 0 Å². The van der Waals surface area contributed by atoms with E-state index in [0.717, 1.165) is 114 Å². The average Bonchev–Trinajstić information content (AvgIpc) is 3.41. The van der Waals surface area contributed by atoms with Gasteiger partial charge in [-0.15, -0.1) is 0 Å². The lowest BCUT2D eigenvalue weighted by Gasteiger charge is -2.26. The fourth-order valence-electron chi connectivity index (χ4n) is 8.86. The van der Waals surface area contributed by atoms with Gasteiger partial charge in [0.2, 0.25) is 0 Å². The number of rotatable bonds is 34. The van der Waals surface area contributed by atoms with E-state index in [2.05, 4.69) is 69.2 Å². The summed E-state index contributed by atoms with van der Waals surface area (Å²) in [5, 5.41) is 0. The summed E-state index contributed by atoms with van der Waals surface area (Å²) in [6, 6.07) is 25.3. The topological polar surface area (TPSA) is 124 Å². The van der Waals surface area contributed by atoms with Crippen molar-refractivity contribution in [3.8, 4) is 23.0 Å². The number of carbonyl (C=O) groups is 4. The van der Waals surface area contributed by atoms with Gasteiger partial charge in [-0.05, 0) is 121 Å². The second-order valence-electron chi connectivity index (χ2n) is 20.4. The maximum Gasteiger partial charge on any atom is 0.339 e. The molecule has 400 valence electrons. The molecule has 0 saturated heterocycles. The molecule has 0 heterocycles. The van der Waals surface area contributed by atoms with Crippen LogP contribution in [0.1, 0.15) is 225 Å². The first-order valence-electron chi connectivity index (χ1n) is 27.8. The number of carbonyl (C=O) groups excluding carboxylic acids is 4. The third kappa shape index (κ3) is 19.0. The summed E-state index contributed by atoms with van der Waals surface area (Å²) >= 11 is 0. The molecule has 0 aliphatic heterocycles. The minimum Gasteiger partial charge on any atom is -0.462 e. The maximum absolute atomic E-state index is 13.7. The predicted molar refractivity (Wildman–Crippen MR) is 292 cm³/mol. The molecule has 4 aromatic carbocycles. The highest BCUT2D eigenvalue weighted by atomic mass is 16.5. The zero-order valence-corrected chi connectivity index (χ0v) is 46.1. The van der Waals surface area contributed by atoms with Gasteiger partial charge in [0.15, 0.2) is 0 Å². The van der Waals surface area contributed by atoms with E-state index in [9.17, 15) is 19.2 Å². The van der Waals surface area contributed by atoms with Gasteiger partial charge in [-0.1, -0.05) is 171 Å². The van der Waals surface area contributed by atoms with Crippen molar-refractivity contribution in [3.63, 3.8) is 0 Å². The molecule has 0 amide bonds. The summed E-state index contributed by atoms with van der Waals surface area (Å²) in [6.07, 6.45) is 16.0. The molecule has 0 bridgehead atoms. The second-order valence-corrected chi connectivity index (χ2v) is 20.4. The first-order chi connectivity index (χ1) is 35.2. The van der Waals surface area contributed by atoms with E-state index in [-0.39, 0.29) is 59.1 Å². The highest BCUT2D eigenvalue weighted by molar-refractivity contribution is 6.04. The molecule has 4 unspecified atom stereocenters. The van der Waals surface area contributed by atoms with Gasteiger partial charge in [0.1, 0.15) is 23.0 Å². The summed E-state index contributed by atoms with van der Waals surface area (Å²) in [5.74, 6) is 0.667. The minimum atomic E-state index is -0.574. The van der Waals surface area contributed by atoms with Crippen molar-refractivity contribution in [2.24, 2.45) is 23.7 Å². The van der Waals surface area contributed by atoms with E-state index in [1.54, 1.807) is 36.4 Å². The monoisotopic (exact) mass is 1000 g/mol. The van der Waals surface area contributed by atoms with Gasteiger partial charge in [0, 0.05) is 5.41 Å². The number of unbranched alkanes of at least 4 members (excludes halogenated alkanes) is 4. The largest absolute Gasteiger partial charge is 0.462 e. The summed E-state index contributed by atoms with van der Waals surface area (Å²) < 4.78 is 35.9. The highest BCUT2D eigenvalue weighted by Crippen LogP contribution is 2.36. The minimum absolute atomic E-state index is 0.121. The fourth-order valence-corrected chi connectivity index (χ4v) is 8.86. The van der Waals surface area contributed by atoms with Crippen molar-refractivity contribution < 1.29 is 47.6 Å². The third-order valence-corrected chi connectivity index (χ3v) is 14.5. The van der Waals surface area contributed by atoms with E-state index in [1.165, 1.54) is 0 Å². The second kappa shape index (κ2) is 31.8. The number of ether oxygens (including phenoxy) is 6. The van der Waals surface area contributed by atoms with Gasteiger partial charge in [0.25, 0.3) is 0 Å². The Hall–Kier alpha value is -5.64. The van der Waals surface area contributed by atoms with Crippen LogP contribution >= 0.6 is 0 Å². The highest BCUT2D eigenvalue weighted by Gasteiger charge is 2.27. The van der Waals surface area contributed by atoms with Crippen molar-refractivity contribution in [1.82, 2.24) is 0 Å². The Labute approximate surface area is 438 Å². The number of benzene rings is 4. The van der Waals surface area contributed by atoms with Crippen molar-refractivity contribution in [2.45, 2.75) is 177 Å². The summed E-state index contributed by atoms with van der Waals surface area (Å²) in [7, 11) is 0. The van der Waals surface area contributed by atoms with E-state index in [0.29, 0.717) is 36.2 Å². The molecule has 4 aromatic rings. The molecule has 0 aromatic heterocycles. The fraction of sp³-hybridized carbons (Fsp3) is 0.556. The Balaban J connectivity index is 1.51. The molecule has 10 nitrogen and oxygen atoms in total. The number of hydrogen-bond donors (Lipinski definition) is 0. The molecule has 0 aliphatic carbocycles. The molecule has 0 radical (unpaired) electrons. The molecule has 0 saturated carbocycles. The quantitative estimate of drug-likeness (QED) is 0.0330. The van der Waals surface area contributed by atoms with E-state index >= 15 is 0 Å². The Morgan fingerprint density at radius 1 is 0.370 bits per heavy atom. The van der Waals surface area contributed by atoms with Crippen LogP contribution in [0.5, 0.6) is 23.0 Å². The van der Waals surface area contributed by atoms with Gasteiger partial charge in [-0.3, -0.25) is 0 Å². The zero-order chi connectivity index (χ0) is 53.2. The predicted octanol–water partition coefficient (Wildman–Crippen LogP) is 17.1. The van der Waals surface area contributed by atoms with Gasteiger partial charge in [0.05, 0.1) is 48.7 Å². The van der Waals surface area contributed by atoms with Crippen LogP contribution in [0.4, 0.5) is 0 Å². The van der Waals surface area contributed by atoms with Crippen molar-refractivity contribution in [1.29, 1.82) is 0 Å². The SMILES string of the molecule is CCCCC(CC)COC(=O)c1ccc(Oc2ccc(C(C)(C)c3ccc(Oc4ccc(C(=O)OCC(CC)CCCC)c(C(=O)OCC(CC)CCCC)c4)cc3)cc2)cc1C(=O)OCC(CC)CCCC. The number of hydrogen-bond acceptors (Lipinski definition) is 10. The van der Waals surface area contributed by atoms with Crippen LogP contribution in [0.3, 0.4) is 0 Å².